The van der Waals surface area contributed by atoms with E-state index in [0.29, 0.717) is 39.3 Å². The summed E-state index contributed by atoms with van der Waals surface area (Å²) in [6, 6.07) is 5.48. The van der Waals surface area contributed by atoms with E-state index in [9.17, 15) is 15.3 Å². The number of nitrogens with one attached hydrogen (secondary N) is 1. The number of phenolic OH excluding ortho intramolecular Hbond substituents is 3. The van der Waals surface area contributed by atoms with Crippen LogP contribution in [0.4, 0.5) is 0 Å². The van der Waals surface area contributed by atoms with Crippen LogP contribution in [0.5, 0.6) is 23.0 Å². The first-order chi connectivity index (χ1) is 17.4. The minimum absolute atomic E-state index is 0.118. The summed E-state index contributed by atoms with van der Waals surface area (Å²) in [5, 5.41) is 39.9. The lowest BCUT2D eigenvalue weighted by Gasteiger charge is -2.30. The normalized spacial score (nSPS) is 22.1. The van der Waals surface area contributed by atoms with Crippen molar-refractivity contribution in [3.8, 4) is 23.0 Å². The predicted molar refractivity (Wildman–Crippen MR) is 146 cm³/mol. The van der Waals surface area contributed by atoms with Crippen LogP contribution in [0.2, 0.25) is 0 Å². The Morgan fingerprint density at radius 1 is 1.00 bits per heavy atom. The standard InChI is InChI=1S/C30H28BrNO4/c1-3-4-5-6-16-11-20-24(15-32-16)29(35)25-19(26(20)31)9-10-30(25)13-22-23(14-30)28(34)21-12-17(36-2)7-8-18(21)27(22)33/h3-8,12-14,16,32-35H,9-11,15H2,1-2H3. The molecule has 0 saturated heterocycles. The molecule has 2 atom stereocenters. The molecular weight excluding hydrogens is 518 g/mol. The highest BCUT2D eigenvalue weighted by Crippen LogP contribution is 2.53. The number of rotatable bonds is 3. The lowest BCUT2D eigenvalue weighted by molar-refractivity contribution is 0.414. The van der Waals surface area contributed by atoms with E-state index < -0.39 is 5.41 Å². The number of hydrogen-bond acceptors (Lipinski definition) is 5. The number of phenols is 3. The highest BCUT2D eigenvalue weighted by molar-refractivity contribution is 9.10. The van der Waals surface area contributed by atoms with Gasteiger partial charge in [0.05, 0.1) is 7.11 Å². The zero-order valence-electron chi connectivity index (χ0n) is 20.2. The van der Waals surface area contributed by atoms with Gasteiger partial charge in [0.2, 0.25) is 0 Å². The number of aromatic hydroxyl groups is 3. The molecule has 1 spiro atoms. The van der Waals surface area contributed by atoms with Crippen molar-refractivity contribution in [1.82, 2.24) is 5.32 Å². The molecule has 0 saturated carbocycles. The molecule has 1 aliphatic heterocycles. The maximum atomic E-state index is 11.6. The third-order valence-corrected chi connectivity index (χ3v) is 8.88. The molecule has 0 bridgehead atoms. The van der Waals surface area contributed by atoms with E-state index in [1.807, 2.05) is 31.2 Å². The second-order valence-electron chi connectivity index (χ2n) is 9.84. The number of benzene rings is 3. The Balaban J connectivity index is 1.53. The molecule has 1 heterocycles. The van der Waals surface area contributed by atoms with Crippen molar-refractivity contribution < 1.29 is 20.1 Å². The zero-order valence-corrected chi connectivity index (χ0v) is 21.8. The monoisotopic (exact) mass is 545 g/mol. The van der Waals surface area contributed by atoms with Gasteiger partial charge in [0, 0.05) is 54.8 Å². The SMILES string of the molecule is CC=CC=CC1Cc2c(Br)c3c(c(O)c2CN1)C1(C=c2c(O)c4ccc(OC)cc4c(O)c2=C1)CC3. The third kappa shape index (κ3) is 3.24. The molecule has 0 fully saturated rings. The van der Waals surface area contributed by atoms with Crippen LogP contribution in [0.3, 0.4) is 0 Å². The van der Waals surface area contributed by atoms with Crippen LogP contribution >= 0.6 is 15.9 Å². The van der Waals surface area contributed by atoms with Gasteiger partial charge in [0.1, 0.15) is 23.0 Å². The number of ether oxygens (including phenoxy) is 1. The van der Waals surface area contributed by atoms with Gasteiger partial charge in [-0.05, 0) is 55.5 Å². The molecule has 184 valence electrons. The fraction of sp³-hybridized carbons (Fsp3) is 0.267. The fourth-order valence-corrected chi connectivity index (χ4v) is 6.96. The van der Waals surface area contributed by atoms with Crippen LogP contribution in [0.15, 0.2) is 47.0 Å². The summed E-state index contributed by atoms with van der Waals surface area (Å²) in [5.74, 6) is 1.18. The summed E-state index contributed by atoms with van der Waals surface area (Å²) >= 11 is 3.89. The van der Waals surface area contributed by atoms with E-state index in [0.717, 1.165) is 46.0 Å². The Morgan fingerprint density at radius 2 is 1.75 bits per heavy atom. The van der Waals surface area contributed by atoms with Gasteiger partial charge in [-0.1, -0.05) is 52.4 Å². The van der Waals surface area contributed by atoms with Gasteiger partial charge in [-0.15, -0.1) is 0 Å². The fourth-order valence-electron chi connectivity index (χ4n) is 6.16. The Hall–Kier alpha value is -3.22. The minimum atomic E-state index is -0.599. The van der Waals surface area contributed by atoms with Gasteiger partial charge in [-0.3, -0.25) is 0 Å². The van der Waals surface area contributed by atoms with Crippen molar-refractivity contribution in [3.05, 3.63) is 79.7 Å². The number of allylic oxidation sites excluding steroid dienone is 3. The molecule has 0 amide bonds. The molecule has 3 aromatic carbocycles. The number of halogens is 1. The van der Waals surface area contributed by atoms with Gasteiger partial charge >= 0.3 is 0 Å². The molecule has 6 rings (SSSR count). The predicted octanol–water partition coefficient (Wildman–Crippen LogP) is 4.33. The van der Waals surface area contributed by atoms with E-state index >= 15 is 0 Å². The van der Waals surface area contributed by atoms with Crippen molar-refractivity contribution in [2.45, 2.75) is 44.2 Å². The Labute approximate surface area is 217 Å². The molecule has 5 nitrogen and oxygen atoms in total. The van der Waals surface area contributed by atoms with E-state index in [1.165, 1.54) is 0 Å². The summed E-state index contributed by atoms with van der Waals surface area (Å²) in [6.45, 7) is 2.57. The van der Waals surface area contributed by atoms with E-state index in [1.54, 1.807) is 25.3 Å². The molecule has 3 aliphatic rings. The molecule has 6 heteroatoms. The Morgan fingerprint density at radius 3 is 2.47 bits per heavy atom. The molecule has 2 aliphatic carbocycles. The van der Waals surface area contributed by atoms with Crippen molar-refractivity contribution in [3.63, 3.8) is 0 Å². The summed E-state index contributed by atoms with van der Waals surface area (Å²) < 4.78 is 6.39. The maximum Gasteiger partial charge on any atom is 0.131 e. The van der Waals surface area contributed by atoms with E-state index in [2.05, 4.69) is 33.4 Å². The van der Waals surface area contributed by atoms with Crippen LogP contribution < -0.4 is 20.5 Å². The molecule has 0 aromatic heterocycles. The van der Waals surface area contributed by atoms with Crippen molar-refractivity contribution in [2.75, 3.05) is 7.11 Å². The van der Waals surface area contributed by atoms with Gasteiger partial charge in [0.15, 0.2) is 0 Å². The molecule has 36 heavy (non-hydrogen) atoms. The second-order valence-corrected chi connectivity index (χ2v) is 10.6. The molecule has 0 radical (unpaired) electrons. The summed E-state index contributed by atoms with van der Waals surface area (Å²) in [5.41, 5.74) is 3.44. The molecule has 3 aromatic rings. The van der Waals surface area contributed by atoms with Crippen LogP contribution in [0, 0.1) is 0 Å². The van der Waals surface area contributed by atoms with Gasteiger partial charge < -0.3 is 25.4 Å². The van der Waals surface area contributed by atoms with Gasteiger partial charge in [-0.2, -0.15) is 0 Å². The summed E-state index contributed by atoms with van der Waals surface area (Å²) in [7, 11) is 1.58. The topological polar surface area (TPSA) is 82.0 Å². The Bertz CT molecular complexity index is 1620. The lowest BCUT2D eigenvalue weighted by Crippen LogP contribution is -2.34. The van der Waals surface area contributed by atoms with E-state index in [4.69, 9.17) is 4.74 Å². The summed E-state index contributed by atoms with van der Waals surface area (Å²) in [6.07, 6.45) is 14.6. The van der Waals surface area contributed by atoms with E-state index in [-0.39, 0.29) is 17.5 Å². The maximum absolute atomic E-state index is 11.6. The Kier molecular flexibility index (Phi) is 5.43. The quantitative estimate of drug-likeness (QED) is 0.291. The third-order valence-electron chi connectivity index (χ3n) is 7.93. The second kappa shape index (κ2) is 8.43. The highest BCUT2D eigenvalue weighted by atomic mass is 79.9. The minimum Gasteiger partial charge on any atom is -0.507 e. The average Bonchev–Trinajstić information content (AvgIpc) is 3.47. The number of fused-ring (bicyclic) bond motifs is 5. The van der Waals surface area contributed by atoms with Gasteiger partial charge in [0.25, 0.3) is 0 Å². The first-order valence-electron chi connectivity index (χ1n) is 12.2. The van der Waals surface area contributed by atoms with Crippen molar-refractivity contribution in [1.29, 1.82) is 0 Å². The lowest BCUT2D eigenvalue weighted by atomic mass is 9.80. The molecular formula is C30H28BrNO4. The highest BCUT2D eigenvalue weighted by Gasteiger charge is 2.43. The van der Waals surface area contributed by atoms with Crippen LogP contribution in [-0.4, -0.2) is 28.5 Å². The summed E-state index contributed by atoms with van der Waals surface area (Å²) in [4.78, 5) is 0. The zero-order chi connectivity index (χ0) is 25.2. The molecule has 4 N–H and O–H groups in total. The van der Waals surface area contributed by atoms with Crippen LogP contribution in [-0.2, 0) is 24.8 Å². The van der Waals surface area contributed by atoms with Crippen LogP contribution in [0.25, 0.3) is 22.9 Å². The van der Waals surface area contributed by atoms with Crippen molar-refractivity contribution in [2.24, 2.45) is 0 Å². The van der Waals surface area contributed by atoms with Crippen LogP contribution in [0.1, 0.15) is 35.6 Å². The first kappa shape index (κ1) is 23.2. The number of hydrogen-bond donors (Lipinski definition) is 4. The molecule has 2 unspecified atom stereocenters. The van der Waals surface area contributed by atoms with Crippen molar-refractivity contribution >= 4 is 38.9 Å². The first-order valence-corrected chi connectivity index (χ1v) is 13.0. The largest absolute Gasteiger partial charge is 0.507 e. The average molecular weight is 546 g/mol. The number of methoxy groups -OCH3 is 1. The van der Waals surface area contributed by atoms with Gasteiger partial charge in [-0.25, -0.2) is 0 Å². The smallest absolute Gasteiger partial charge is 0.131 e.